The Kier molecular flexibility index (Phi) is 12.4. The molecule has 0 aliphatic carbocycles. The molecule has 0 aliphatic heterocycles. The van der Waals surface area contributed by atoms with E-state index in [-0.39, 0.29) is 5.56 Å². The van der Waals surface area contributed by atoms with Crippen LogP contribution in [0.3, 0.4) is 0 Å². The third-order valence-electron chi connectivity index (χ3n) is 5.22. The van der Waals surface area contributed by atoms with Crippen LogP contribution in [0.2, 0.25) is 0 Å². The second-order valence-corrected chi connectivity index (χ2v) is 7.57. The fourth-order valence-electron chi connectivity index (χ4n) is 3.46. The molecule has 0 saturated carbocycles. The van der Waals surface area contributed by atoms with Gasteiger partial charge in [-0.2, -0.15) is 0 Å². The van der Waals surface area contributed by atoms with Crippen LogP contribution in [0.25, 0.3) is 0 Å². The first-order valence-corrected chi connectivity index (χ1v) is 10.7. The SMILES string of the molecule is CCCCCCCCCCCCCCCCc1c(C)ncn(C)c1=O. The van der Waals surface area contributed by atoms with Gasteiger partial charge in [0.2, 0.25) is 0 Å². The third kappa shape index (κ3) is 9.81. The van der Waals surface area contributed by atoms with Gasteiger partial charge in [0.1, 0.15) is 0 Å². The van der Waals surface area contributed by atoms with Gasteiger partial charge >= 0.3 is 0 Å². The molecule has 0 unspecified atom stereocenters. The van der Waals surface area contributed by atoms with E-state index in [1.54, 1.807) is 17.9 Å². The molecule has 1 aromatic heterocycles. The number of unbranched alkanes of at least 4 members (excludes halogenated alkanes) is 13. The molecule has 0 radical (unpaired) electrons. The Balaban J connectivity index is 1.93. The molecule has 0 amide bonds. The summed E-state index contributed by atoms with van der Waals surface area (Å²) < 4.78 is 1.59. The molecule has 0 N–H and O–H groups in total. The van der Waals surface area contributed by atoms with Crippen LogP contribution in [-0.4, -0.2) is 9.55 Å². The molecule has 0 aromatic carbocycles. The summed E-state index contributed by atoms with van der Waals surface area (Å²) in [5.74, 6) is 0. The van der Waals surface area contributed by atoms with Crippen LogP contribution in [0.4, 0.5) is 0 Å². The lowest BCUT2D eigenvalue weighted by Crippen LogP contribution is -2.23. The molecule has 0 spiro atoms. The molecule has 3 nitrogen and oxygen atoms in total. The van der Waals surface area contributed by atoms with Gasteiger partial charge < -0.3 is 4.57 Å². The smallest absolute Gasteiger partial charge is 0.256 e. The molecule has 1 aromatic rings. The normalized spacial score (nSPS) is 11.2. The van der Waals surface area contributed by atoms with Gasteiger partial charge in [-0.25, -0.2) is 4.98 Å². The zero-order valence-corrected chi connectivity index (χ0v) is 17.0. The fourth-order valence-corrected chi connectivity index (χ4v) is 3.46. The summed E-state index contributed by atoms with van der Waals surface area (Å²) in [6.45, 7) is 4.22. The first-order chi connectivity index (χ1) is 12.2. The van der Waals surface area contributed by atoms with Crippen molar-refractivity contribution >= 4 is 0 Å². The van der Waals surface area contributed by atoms with E-state index in [0.29, 0.717) is 0 Å². The maximum absolute atomic E-state index is 12.1. The number of nitrogens with zero attached hydrogens (tertiary/aromatic N) is 2. The molecule has 144 valence electrons. The molecule has 0 saturated heterocycles. The van der Waals surface area contributed by atoms with E-state index in [1.165, 1.54) is 83.5 Å². The van der Waals surface area contributed by atoms with Crippen molar-refractivity contribution in [2.24, 2.45) is 7.05 Å². The first-order valence-electron chi connectivity index (χ1n) is 10.7. The van der Waals surface area contributed by atoms with Crippen LogP contribution in [0.15, 0.2) is 11.1 Å². The average molecular weight is 349 g/mol. The van der Waals surface area contributed by atoms with E-state index >= 15 is 0 Å². The highest BCUT2D eigenvalue weighted by atomic mass is 16.1. The predicted octanol–water partition coefficient (Wildman–Crippen LogP) is 6.11. The Morgan fingerprint density at radius 2 is 1.24 bits per heavy atom. The van der Waals surface area contributed by atoms with Crippen molar-refractivity contribution in [3.63, 3.8) is 0 Å². The lowest BCUT2D eigenvalue weighted by Gasteiger charge is -2.06. The van der Waals surface area contributed by atoms with Crippen molar-refractivity contribution in [2.75, 3.05) is 0 Å². The van der Waals surface area contributed by atoms with Gasteiger partial charge in [0.25, 0.3) is 5.56 Å². The Labute approximate surface area is 155 Å². The summed E-state index contributed by atoms with van der Waals surface area (Å²) in [5, 5.41) is 0. The minimum atomic E-state index is 0.127. The third-order valence-corrected chi connectivity index (χ3v) is 5.22. The van der Waals surface area contributed by atoms with E-state index in [1.807, 2.05) is 6.92 Å². The molecule has 25 heavy (non-hydrogen) atoms. The maximum atomic E-state index is 12.1. The van der Waals surface area contributed by atoms with Gasteiger partial charge in [0.15, 0.2) is 0 Å². The van der Waals surface area contributed by atoms with Gasteiger partial charge in [0.05, 0.1) is 6.33 Å². The molecule has 0 bridgehead atoms. The molecular weight excluding hydrogens is 308 g/mol. The number of hydrogen-bond donors (Lipinski definition) is 0. The molecule has 3 heteroatoms. The molecule has 1 heterocycles. The van der Waals surface area contributed by atoms with Crippen molar-refractivity contribution in [3.8, 4) is 0 Å². The summed E-state index contributed by atoms with van der Waals surface area (Å²) in [7, 11) is 1.78. The van der Waals surface area contributed by atoms with E-state index in [2.05, 4.69) is 11.9 Å². The Hall–Kier alpha value is -1.12. The van der Waals surface area contributed by atoms with Gasteiger partial charge in [-0.3, -0.25) is 4.79 Å². The molecule has 1 rings (SSSR count). The van der Waals surface area contributed by atoms with Crippen LogP contribution in [0.1, 0.15) is 108 Å². The summed E-state index contributed by atoms with van der Waals surface area (Å²) >= 11 is 0. The second kappa shape index (κ2) is 14.1. The van der Waals surface area contributed by atoms with Crippen LogP contribution < -0.4 is 5.56 Å². The van der Waals surface area contributed by atoms with Crippen molar-refractivity contribution < 1.29 is 0 Å². The Morgan fingerprint density at radius 3 is 1.72 bits per heavy atom. The number of hydrogen-bond acceptors (Lipinski definition) is 2. The number of aromatic nitrogens is 2. The summed E-state index contributed by atoms with van der Waals surface area (Å²) in [6, 6.07) is 0. The average Bonchev–Trinajstić information content (AvgIpc) is 2.61. The van der Waals surface area contributed by atoms with E-state index < -0.39 is 0 Å². The Morgan fingerprint density at radius 1 is 0.800 bits per heavy atom. The standard InChI is InChI=1S/C22H40N2O/c1-4-5-6-7-8-9-10-11-12-13-14-15-16-17-18-21-20(2)23-19-24(3)22(21)25/h19H,4-18H2,1-3H3. The van der Waals surface area contributed by atoms with Gasteiger partial charge in [-0.1, -0.05) is 90.4 Å². The second-order valence-electron chi connectivity index (χ2n) is 7.57. The highest BCUT2D eigenvalue weighted by Crippen LogP contribution is 2.13. The topological polar surface area (TPSA) is 34.9 Å². The van der Waals surface area contributed by atoms with Crippen LogP contribution >= 0.6 is 0 Å². The maximum Gasteiger partial charge on any atom is 0.256 e. The van der Waals surface area contributed by atoms with Crippen LogP contribution in [0, 0.1) is 6.92 Å². The molecule has 0 fully saturated rings. The van der Waals surface area contributed by atoms with Crippen molar-refractivity contribution in [1.29, 1.82) is 0 Å². The Bertz CT molecular complexity index is 507. The lowest BCUT2D eigenvalue weighted by molar-refractivity contribution is 0.535. The molecule has 0 aliphatic rings. The number of rotatable bonds is 15. The quantitative estimate of drug-likeness (QED) is 0.358. The van der Waals surface area contributed by atoms with Crippen molar-refractivity contribution in [2.45, 2.75) is 110 Å². The predicted molar refractivity (Wildman–Crippen MR) is 108 cm³/mol. The minimum absolute atomic E-state index is 0.127. The van der Waals surface area contributed by atoms with E-state index in [9.17, 15) is 4.79 Å². The van der Waals surface area contributed by atoms with Gasteiger partial charge in [-0.15, -0.1) is 0 Å². The highest BCUT2D eigenvalue weighted by molar-refractivity contribution is 5.15. The van der Waals surface area contributed by atoms with E-state index in [4.69, 9.17) is 0 Å². The zero-order valence-electron chi connectivity index (χ0n) is 17.0. The molecule has 0 atom stereocenters. The summed E-state index contributed by atoms with van der Waals surface area (Å²) in [6.07, 6.45) is 21.6. The van der Waals surface area contributed by atoms with Gasteiger partial charge in [-0.05, 0) is 19.8 Å². The fraction of sp³-hybridized carbons (Fsp3) is 0.818. The minimum Gasteiger partial charge on any atom is -0.302 e. The van der Waals surface area contributed by atoms with Crippen LogP contribution in [0.5, 0.6) is 0 Å². The van der Waals surface area contributed by atoms with E-state index in [0.717, 1.165) is 24.1 Å². The monoisotopic (exact) mass is 348 g/mol. The van der Waals surface area contributed by atoms with Crippen molar-refractivity contribution in [1.82, 2.24) is 9.55 Å². The van der Waals surface area contributed by atoms with Crippen LogP contribution in [-0.2, 0) is 13.5 Å². The summed E-state index contributed by atoms with van der Waals surface area (Å²) in [5.41, 5.74) is 1.93. The zero-order chi connectivity index (χ0) is 18.3. The lowest BCUT2D eigenvalue weighted by atomic mass is 10.0. The largest absolute Gasteiger partial charge is 0.302 e. The summed E-state index contributed by atoms with van der Waals surface area (Å²) in [4.78, 5) is 16.4. The number of aryl methyl sites for hydroxylation is 2. The first kappa shape index (κ1) is 21.9. The molecular formula is C22H40N2O. The van der Waals surface area contributed by atoms with Gasteiger partial charge in [0, 0.05) is 18.3 Å². The highest BCUT2D eigenvalue weighted by Gasteiger charge is 2.06. The van der Waals surface area contributed by atoms with Crippen molar-refractivity contribution in [3.05, 3.63) is 27.9 Å².